The number of amides is 2. The van der Waals surface area contributed by atoms with Crippen LogP contribution in [0.25, 0.3) is 0 Å². The summed E-state index contributed by atoms with van der Waals surface area (Å²) in [5.74, 6) is -1.54. The molecule has 6 nitrogen and oxygen atoms in total. The SMILES string of the molecule is CSc1ccc(N2CC(C(=O)Nc3cccc(CCC(=O)O)c3)CC2=O)cc1. The number of anilines is 2. The number of hydrogen-bond donors (Lipinski definition) is 2. The number of carboxylic acid groups (broad SMARTS) is 1. The van der Waals surface area contributed by atoms with Crippen molar-refractivity contribution in [3.63, 3.8) is 0 Å². The predicted octanol–water partition coefficient (Wildman–Crippen LogP) is 3.42. The average molecular weight is 398 g/mol. The number of carbonyl (C=O) groups is 3. The minimum atomic E-state index is -0.857. The molecule has 1 atom stereocenters. The highest BCUT2D eigenvalue weighted by molar-refractivity contribution is 7.98. The van der Waals surface area contributed by atoms with Crippen molar-refractivity contribution in [2.45, 2.75) is 24.2 Å². The quantitative estimate of drug-likeness (QED) is 0.698. The normalized spacial score (nSPS) is 16.2. The molecule has 1 heterocycles. The number of aliphatic carboxylic acids is 1. The van der Waals surface area contributed by atoms with E-state index in [1.807, 2.05) is 36.6 Å². The number of aryl methyl sites for hydroxylation is 1. The van der Waals surface area contributed by atoms with Crippen molar-refractivity contribution in [1.29, 1.82) is 0 Å². The van der Waals surface area contributed by atoms with Gasteiger partial charge in [0, 0.05) is 35.7 Å². The molecule has 0 saturated carbocycles. The molecule has 3 rings (SSSR count). The molecule has 1 unspecified atom stereocenters. The molecular formula is C21H22N2O4S. The van der Waals surface area contributed by atoms with Gasteiger partial charge in [-0.3, -0.25) is 14.4 Å². The summed E-state index contributed by atoms with van der Waals surface area (Å²) >= 11 is 1.63. The van der Waals surface area contributed by atoms with E-state index in [1.54, 1.807) is 34.9 Å². The molecule has 2 aromatic rings. The van der Waals surface area contributed by atoms with Crippen LogP contribution in [0.4, 0.5) is 11.4 Å². The molecule has 0 radical (unpaired) electrons. The van der Waals surface area contributed by atoms with Gasteiger partial charge in [-0.15, -0.1) is 11.8 Å². The highest BCUT2D eigenvalue weighted by Crippen LogP contribution is 2.28. The number of rotatable bonds is 7. The second-order valence-corrected chi connectivity index (χ2v) is 7.57. The van der Waals surface area contributed by atoms with Crippen LogP contribution in [0.15, 0.2) is 53.4 Å². The first-order chi connectivity index (χ1) is 13.5. The zero-order valence-electron chi connectivity index (χ0n) is 15.6. The molecule has 7 heteroatoms. The van der Waals surface area contributed by atoms with Crippen molar-refractivity contribution in [1.82, 2.24) is 0 Å². The Balaban J connectivity index is 1.63. The Morgan fingerprint density at radius 3 is 2.64 bits per heavy atom. The lowest BCUT2D eigenvalue weighted by Crippen LogP contribution is -2.28. The number of benzene rings is 2. The summed E-state index contributed by atoms with van der Waals surface area (Å²) in [6, 6.07) is 14.9. The Bertz CT molecular complexity index is 882. The van der Waals surface area contributed by atoms with Gasteiger partial charge in [0.15, 0.2) is 0 Å². The standard InChI is InChI=1S/C21H22N2O4S/c1-28-18-8-6-17(7-9-18)23-13-15(12-19(23)24)21(27)22-16-4-2-3-14(11-16)5-10-20(25)26/h2-4,6-9,11,15H,5,10,12-13H2,1H3,(H,22,27)(H,25,26). The number of nitrogens with zero attached hydrogens (tertiary/aromatic N) is 1. The average Bonchev–Trinajstić information content (AvgIpc) is 3.08. The van der Waals surface area contributed by atoms with Gasteiger partial charge in [-0.05, 0) is 54.6 Å². The maximum absolute atomic E-state index is 12.6. The van der Waals surface area contributed by atoms with Crippen LogP contribution in [0.3, 0.4) is 0 Å². The summed E-state index contributed by atoms with van der Waals surface area (Å²) in [4.78, 5) is 38.5. The molecule has 1 fully saturated rings. The minimum absolute atomic E-state index is 0.0405. The first-order valence-corrected chi connectivity index (χ1v) is 10.2. The monoisotopic (exact) mass is 398 g/mol. The van der Waals surface area contributed by atoms with E-state index in [2.05, 4.69) is 5.32 Å². The third-order valence-electron chi connectivity index (χ3n) is 4.70. The Morgan fingerprint density at radius 1 is 1.21 bits per heavy atom. The molecule has 0 spiro atoms. The third-order valence-corrected chi connectivity index (χ3v) is 5.45. The number of carboxylic acids is 1. The molecule has 0 aliphatic carbocycles. The van der Waals surface area contributed by atoms with E-state index in [0.717, 1.165) is 16.1 Å². The van der Waals surface area contributed by atoms with Gasteiger partial charge in [0.05, 0.1) is 5.92 Å². The first kappa shape index (κ1) is 19.9. The maximum atomic E-state index is 12.6. The second-order valence-electron chi connectivity index (χ2n) is 6.69. The lowest BCUT2D eigenvalue weighted by atomic mass is 10.1. The van der Waals surface area contributed by atoms with Crippen LogP contribution in [-0.4, -0.2) is 35.7 Å². The molecule has 2 aromatic carbocycles. The van der Waals surface area contributed by atoms with Crippen LogP contribution in [-0.2, 0) is 20.8 Å². The predicted molar refractivity (Wildman–Crippen MR) is 110 cm³/mol. The number of carbonyl (C=O) groups excluding carboxylic acids is 2. The van der Waals surface area contributed by atoms with E-state index in [4.69, 9.17) is 5.11 Å². The fourth-order valence-electron chi connectivity index (χ4n) is 3.20. The van der Waals surface area contributed by atoms with Crippen LogP contribution in [0.2, 0.25) is 0 Å². The zero-order valence-corrected chi connectivity index (χ0v) is 16.4. The highest BCUT2D eigenvalue weighted by Gasteiger charge is 2.35. The summed E-state index contributed by atoms with van der Waals surface area (Å²) in [5.41, 5.74) is 2.26. The van der Waals surface area contributed by atoms with Gasteiger partial charge in [0.2, 0.25) is 11.8 Å². The van der Waals surface area contributed by atoms with Crippen LogP contribution >= 0.6 is 11.8 Å². The minimum Gasteiger partial charge on any atom is -0.481 e. The van der Waals surface area contributed by atoms with Crippen molar-refractivity contribution in [3.05, 3.63) is 54.1 Å². The Labute approximate surface area is 167 Å². The Hall–Kier alpha value is -2.80. The van der Waals surface area contributed by atoms with Crippen LogP contribution in [0, 0.1) is 5.92 Å². The smallest absolute Gasteiger partial charge is 0.303 e. The van der Waals surface area contributed by atoms with E-state index in [-0.39, 0.29) is 24.7 Å². The summed E-state index contributed by atoms with van der Waals surface area (Å²) in [6.45, 7) is 0.349. The topological polar surface area (TPSA) is 86.7 Å². The lowest BCUT2D eigenvalue weighted by Gasteiger charge is -2.17. The van der Waals surface area contributed by atoms with Crippen LogP contribution in [0.5, 0.6) is 0 Å². The highest BCUT2D eigenvalue weighted by atomic mass is 32.2. The molecule has 1 saturated heterocycles. The number of hydrogen-bond acceptors (Lipinski definition) is 4. The maximum Gasteiger partial charge on any atom is 0.303 e. The van der Waals surface area contributed by atoms with Gasteiger partial charge >= 0.3 is 5.97 Å². The summed E-state index contributed by atoms with van der Waals surface area (Å²) in [6.07, 6.45) is 2.61. The van der Waals surface area contributed by atoms with Gasteiger partial charge in [-0.1, -0.05) is 12.1 Å². The first-order valence-electron chi connectivity index (χ1n) is 9.02. The fourth-order valence-corrected chi connectivity index (χ4v) is 3.60. The van der Waals surface area contributed by atoms with Crippen molar-refractivity contribution in [2.75, 3.05) is 23.0 Å². The largest absolute Gasteiger partial charge is 0.481 e. The molecule has 2 N–H and O–H groups in total. The van der Waals surface area contributed by atoms with Crippen molar-refractivity contribution in [2.24, 2.45) is 5.92 Å². The van der Waals surface area contributed by atoms with Crippen molar-refractivity contribution < 1.29 is 19.5 Å². The summed E-state index contributed by atoms with van der Waals surface area (Å²) < 4.78 is 0. The summed E-state index contributed by atoms with van der Waals surface area (Å²) in [5, 5.41) is 11.7. The molecule has 2 amide bonds. The van der Waals surface area contributed by atoms with Gasteiger partial charge in [0.1, 0.15) is 0 Å². The molecule has 1 aliphatic heterocycles. The lowest BCUT2D eigenvalue weighted by molar-refractivity contribution is -0.137. The molecular weight excluding hydrogens is 376 g/mol. The second kappa shape index (κ2) is 8.93. The molecule has 28 heavy (non-hydrogen) atoms. The van der Waals surface area contributed by atoms with Gasteiger partial charge in [-0.2, -0.15) is 0 Å². The van der Waals surface area contributed by atoms with E-state index in [0.29, 0.717) is 18.7 Å². The van der Waals surface area contributed by atoms with Gasteiger partial charge in [-0.25, -0.2) is 0 Å². The molecule has 1 aliphatic rings. The van der Waals surface area contributed by atoms with Crippen molar-refractivity contribution in [3.8, 4) is 0 Å². The van der Waals surface area contributed by atoms with Gasteiger partial charge in [0.25, 0.3) is 0 Å². The zero-order chi connectivity index (χ0) is 20.1. The van der Waals surface area contributed by atoms with Crippen LogP contribution in [0.1, 0.15) is 18.4 Å². The molecule has 0 aromatic heterocycles. The van der Waals surface area contributed by atoms with Crippen molar-refractivity contribution >= 4 is 40.9 Å². The Morgan fingerprint density at radius 2 is 1.96 bits per heavy atom. The van der Waals surface area contributed by atoms with E-state index < -0.39 is 11.9 Å². The van der Waals surface area contributed by atoms with Crippen LogP contribution < -0.4 is 10.2 Å². The van der Waals surface area contributed by atoms with E-state index >= 15 is 0 Å². The summed E-state index contributed by atoms with van der Waals surface area (Å²) in [7, 11) is 0. The molecule has 146 valence electrons. The van der Waals surface area contributed by atoms with E-state index in [1.165, 1.54) is 0 Å². The van der Waals surface area contributed by atoms with Gasteiger partial charge < -0.3 is 15.3 Å². The van der Waals surface area contributed by atoms with E-state index in [9.17, 15) is 14.4 Å². The molecule has 0 bridgehead atoms. The fraction of sp³-hybridized carbons (Fsp3) is 0.286. The number of thioether (sulfide) groups is 1. The Kier molecular flexibility index (Phi) is 6.36. The third kappa shape index (κ3) is 4.92. The number of nitrogens with one attached hydrogen (secondary N) is 1.